The van der Waals surface area contributed by atoms with Gasteiger partial charge in [-0.1, -0.05) is 5.16 Å². The number of hydrogen-bond donors (Lipinski definition) is 1. The minimum Gasteiger partial charge on any atom is -0.363 e. The molecule has 0 aliphatic carbocycles. The molecule has 0 saturated carbocycles. The highest BCUT2D eigenvalue weighted by Gasteiger charge is 2.13. The van der Waals surface area contributed by atoms with E-state index in [1.165, 1.54) is 6.26 Å². The van der Waals surface area contributed by atoms with E-state index in [0.717, 1.165) is 6.54 Å². The molecule has 1 N–H and O–H groups in total. The molecule has 2 rings (SSSR count). The van der Waals surface area contributed by atoms with Crippen LogP contribution >= 0.6 is 12.2 Å². The summed E-state index contributed by atoms with van der Waals surface area (Å²) in [7, 11) is 0. The first-order chi connectivity index (χ1) is 5.88. The Morgan fingerprint density at radius 1 is 1.67 bits per heavy atom. The van der Waals surface area contributed by atoms with Gasteiger partial charge < -0.3 is 9.84 Å². The summed E-state index contributed by atoms with van der Waals surface area (Å²) in [4.78, 5) is 1.75. The lowest BCUT2D eigenvalue weighted by atomic mass is 10.4. The average Bonchev–Trinajstić information content (AvgIpc) is 2.57. The highest BCUT2D eigenvalue weighted by molar-refractivity contribution is 7.80. The van der Waals surface area contributed by atoms with E-state index in [1.54, 1.807) is 11.0 Å². The highest BCUT2D eigenvalue weighted by Crippen LogP contribution is 2.12. The number of nitrogens with zero attached hydrogens (tertiary/aromatic N) is 2. The number of rotatable bonds is 1. The molecule has 0 atom stereocenters. The quantitative estimate of drug-likeness (QED) is 0.651. The lowest BCUT2D eigenvalue weighted by Gasteiger charge is -2.21. The molecule has 1 aromatic heterocycles. The van der Waals surface area contributed by atoms with Gasteiger partial charge in [0.15, 0.2) is 10.9 Å². The Morgan fingerprint density at radius 2 is 2.58 bits per heavy atom. The van der Waals surface area contributed by atoms with Gasteiger partial charge in [0.25, 0.3) is 0 Å². The summed E-state index contributed by atoms with van der Waals surface area (Å²) in [6.45, 7) is 0.771. The Hall–Kier alpha value is -1.36. The summed E-state index contributed by atoms with van der Waals surface area (Å²) >= 11 is 5.06. The molecule has 0 spiro atoms. The van der Waals surface area contributed by atoms with E-state index in [-0.39, 0.29) is 0 Å². The zero-order chi connectivity index (χ0) is 8.39. The van der Waals surface area contributed by atoms with Crippen molar-refractivity contribution in [2.24, 2.45) is 0 Å². The number of anilines is 1. The molecule has 0 unspecified atom stereocenters. The van der Waals surface area contributed by atoms with Crippen molar-refractivity contribution >= 4 is 23.1 Å². The first kappa shape index (κ1) is 7.30. The van der Waals surface area contributed by atoms with Crippen LogP contribution in [0.2, 0.25) is 0 Å². The van der Waals surface area contributed by atoms with Gasteiger partial charge in [-0.2, -0.15) is 0 Å². The van der Waals surface area contributed by atoms with Gasteiger partial charge in [-0.05, 0) is 18.3 Å². The molecule has 62 valence electrons. The van der Waals surface area contributed by atoms with E-state index in [0.29, 0.717) is 10.9 Å². The maximum Gasteiger partial charge on any atom is 0.182 e. The van der Waals surface area contributed by atoms with Crippen molar-refractivity contribution in [3.63, 3.8) is 0 Å². The summed E-state index contributed by atoms with van der Waals surface area (Å²) < 4.78 is 4.70. The predicted molar refractivity (Wildman–Crippen MR) is 48.7 cm³/mol. The van der Waals surface area contributed by atoms with Crippen LogP contribution in [0.1, 0.15) is 0 Å². The van der Waals surface area contributed by atoms with E-state index < -0.39 is 0 Å². The van der Waals surface area contributed by atoms with E-state index in [4.69, 9.17) is 16.7 Å². The molecule has 0 saturated heterocycles. The minimum atomic E-state index is 0.645. The molecule has 0 fully saturated rings. The van der Waals surface area contributed by atoms with Crippen molar-refractivity contribution in [2.75, 3.05) is 11.4 Å². The topological polar surface area (TPSA) is 41.3 Å². The zero-order valence-electron chi connectivity index (χ0n) is 6.23. The first-order valence-corrected chi connectivity index (χ1v) is 3.93. The molecule has 0 radical (unpaired) electrons. The Labute approximate surface area is 74.8 Å². The average molecular weight is 181 g/mol. The van der Waals surface area contributed by atoms with Gasteiger partial charge in [0, 0.05) is 18.8 Å². The van der Waals surface area contributed by atoms with E-state index >= 15 is 0 Å². The standard InChI is InChI=1S/C7H7N3OS/c12-7-8-3-1-4-10(7)6-2-5-11-9-6/h1-2,4-5H,3H2,(H,8,12). The van der Waals surface area contributed by atoms with Crippen LogP contribution in [0.4, 0.5) is 5.82 Å². The molecule has 5 heteroatoms. The monoisotopic (exact) mass is 181 g/mol. The molecule has 4 nitrogen and oxygen atoms in total. The van der Waals surface area contributed by atoms with Crippen molar-refractivity contribution in [3.8, 4) is 0 Å². The predicted octanol–water partition coefficient (Wildman–Crippen LogP) is 0.883. The lowest BCUT2D eigenvalue weighted by Crippen LogP contribution is -2.39. The van der Waals surface area contributed by atoms with Crippen molar-refractivity contribution < 1.29 is 4.52 Å². The summed E-state index contributed by atoms with van der Waals surface area (Å²) in [5.41, 5.74) is 0. The maximum absolute atomic E-state index is 5.06. The Morgan fingerprint density at radius 3 is 3.25 bits per heavy atom. The fourth-order valence-electron chi connectivity index (χ4n) is 0.968. The molecule has 1 aromatic rings. The number of thiocarbonyl (C=S) groups is 1. The Bertz CT molecular complexity index is 306. The van der Waals surface area contributed by atoms with Gasteiger partial charge in [0.05, 0.1) is 0 Å². The van der Waals surface area contributed by atoms with Crippen molar-refractivity contribution in [1.29, 1.82) is 0 Å². The fourth-order valence-corrected chi connectivity index (χ4v) is 1.21. The van der Waals surface area contributed by atoms with Crippen LogP contribution in [0.15, 0.2) is 29.1 Å². The molecular weight excluding hydrogens is 174 g/mol. The number of hydrogen-bond acceptors (Lipinski definition) is 3. The summed E-state index contributed by atoms with van der Waals surface area (Å²) in [5, 5.41) is 7.42. The summed E-state index contributed by atoms with van der Waals surface area (Å²) in [5.74, 6) is 0.698. The van der Waals surface area contributed by atoms with Crippen LogP contribution in [0.25, 0.3) is 0 Å². The highest BCUT2D eigenvalue weighted by atomic mass is 32.1. The van der Waals surface area contributed by atoms with E-state index in [2.05, 4.69) is 10.5 Å². The van der Waals surface area contributed by atoms with Gasteiger partial charge in [-0.3, -0.25) is 4.90 Å². The van der Waals surface area contributed by atoms with Gasteiger partial charge in [-0.15, -0.1) is 0 Å². The molecule has 1 aliphatic heterocycles. The van der Waals surface area contributed by atoms with E-state index in [9.17, 15) is 0 Å². The van der Waals surface area contributed by atoms with Crippen molar-refractivity contribution in [2.45, 2.75) is 0 Å². The smallest absolute Gasteiger partial charge is 0.182 e. The second-order valence-corrected chi connectivity index (χ2v) is 2.69. The minimum absolute atomic E-state index is 0.645. The molecule has 2 heterocycles. The molecule has 0 amide bonds. The molecule has 12 heavy (non-hydrogen) atoms. The van der Waals surface area contributed by atoms with Crippen LogP contribution in [-0.4, -0.2) is 16.8 Å². The molecular formula is C7H7N3OS. The third-order valence-electron chi connectivity index (χ3n) is 1.52. The second kappa shape index (κ2) is 2.94. The van der Waals surface area contributed by atoms with Crippen molar-refractivity contribution in [3.05, 3.63) is 24.6 Å². The van der Waals surface area contributed by atoms with Crippen LogP contribution in [0, 0.1) is 0 Å². The largest absolute Gasteiger partial charge is 0.363 e. The maximum atomic E-state index is 5.06. The second-order valence-electron chi connectivity index (χ2n) is 2.30. The van der Waals surface area contributed by atoms with Gasteiger partial charge in [0.2, 0.25) is 0 Å². The van der Waals surface area contributed by atoms with E-state index in [1.807, 2.05) is 12.3 Å². The van der Waals surface area contributed by atoms with Gasteiger partial charge >= 0.3 is 0 Å². The van der Waals surface area contributed by atoms with Gasteiger partial charge in [-0.25, -0.2) is 0 Å². The molecule has 0 bridgehead atoms. The normalized spacial score (nSPS) is 16.3. The zero-order valence-corrected chi connectivity index (χ0v) is 7.04. The fraction of sp³-hybridized carbons (Fsp3) is 0.143. The third-order valence-corrected chi connectivity index (χ3v) is 1.86. The first-order valence-electron chi connectivity index (χ1n) is 3.52. The summed E-state index contributed by atoms with van der Waals surface area (Å²) in [6.07, 6.45) is 5.35. The van der Waals surface area contributed by atoms with Crippen molar-refractivity contribution in [1.82, 2.24) is 10.5 Å². The summed E-state index contributed by atoms with van der Waals surface area (Å²) in [6, 6.07) is 1.75. The van der Waals surface area contributed by atoms with Crippen LogP contribution in [-0.2, 0) is 0 Å². The van der Waals surface area contributed by atoms with Crippen LogP contribution in [0.5, 0.6) is 0 Å². The lowest BCUT2D eigenvalue weighted by molar-refractivity contribution is 0.421. The SMILES string of the molecule is S=C1NCC=CN1c1ccon1. The molecule has 1 aliphatic rings. The Balaban J connectivity index is 2.28. The number of aromatic nitrogens is 1. The Kier molecular flexibility index (Phi) is 1.79. The van der Waals surface area contributed by atoms with Crippen LogP contribution < -0.4 is 10.2 Å². The molecule has 0 aromatic carbocycles. The number of nitrogens with one attached hydrogen (secondary N) is 1. The van der Waals surface area contributed by atoms with Gasteiger partial charge in [0.1, 0.15) is 6.26 Å². The van der Waals surface area contributed by atoms with Crippen LogP contribution in [0.3, 0.4) is 0 Å². The third kappa shape index (κ3) is 1.18.